The minimum atomic E-state index is -4.23. The fraction of sp³-hybridized carbons (Fsp3) is 0.769. The van der Waals surface area contributed by atoms with Crippen molar-refractivity contribution < 1.29 is 56.0 Å². The molecule has 0 radical (unpaired) electrons. The van der Waals surface area contributed by atoms with Crippen LogP contribution in [0.3, 0.4) is 0 Å². The van der Waals surface area contributed by atoms with Gasteiger partial charge in [0.1, 0.15) is 18.5 Å². The van der Waals surface area contributed by atoms with E-state index in [-0.39, 0.29) is 5.69 Å². The molecular weight excluding hydrogens is 665 g/mol. The van der Waals surface area contributed by atoms with Crippen molar-refractivity contribution in [1.29, 1.82) is 0 Å². The van der Waals surface area contributed by atoms with Crippen molar-refractivity contribution in [2.75, 3.05) is 50.9 Å². The van der Waals surface area contributed by atoms with Gasteiger partial charge in [-0.25, -0.2) is 34.5 Å². The summed E-state index contributed by atoms with van der Waals surface area (Å²) in [5, 5.41) is 25.1. The third-order valence-corrected chi connectivity index (χ3v) is 9.74. The van der Waals surface area contributed by atoms with Crippen LogP contribution >= 0.6 is 7.67 Å². The van der Waals surface area contributed by atoms with Gasteiger partial charge in [-0.2, -0.15) is 33.7 Å². The number of imidazole rings is 1. The van der Waals surface area contributed by atoms with Gasteiger partial charge in [-0.3, -0.25) is 17.5 Å². The topological polar surface area (TPSA) is 342 Å². The molecule has 0 aliphatic carbocycles. The van der Waals surface area contributed by atoms with E-state index in [1.54, 1.807) is 9.44 Å². The van der Waals surface area contributed by atoms with Crippen molar-refractivity contribution >= 4 is 54.3 Å². The predicted molar refractivity (Wildman–Crippen MR) is 140 cm³/mol. The minimum Gasteiger partial charge on any atom is -0.390 e. The summed E-state index contributed by atoms with van der Waals surface area (Å²) >= 11 is 0. The fourth-order valence-corrected chi connectivity index (χ4v) is 6.53. The summed E-state index contributed by atoms with van der Waals surface area (Å²) in [6.45, 7) is -3.74. The van der Waals surface area contributed by atoms with E-state index < -0.39 is 117 Å². The molecule has 0 amide bonds. The average Bonchev–Trinajstić information content (AvgIpc) is 3.17. The first-order valence-corrected chi connectivity index (χ1v) is 18.7. The second-order valence-electron chi connectivity index (χ2n) is 7.55. The molecule has 28 heteroatoms. The number of aromatic nitrogens is 2. The Balaban J connectivity index is 2.75. The van der Waals surface area contributed by atoms with Gasteiger partial charge in [-0.1, -0.05) is 4.98 Å². The molecule has 0 spiro atoms. The van der Waals surface area contributed by atoms with Gasteiger partial charge in [0.2, 0.25) is 0 Å². The van der Waals surface area contributed by atoms with Gasteiger partial charge >= 0.3 is 13.6 Å². The quantitative estimate of drug-likeness (QED) is 0.0218. The van der Waals surface area contributed by atoms with Crippen LogP contribution in [0.25, 0.3) is 0 Å². The Morgan fingerprint density at radius 2 is 1.34 bits per heavy atom. The minimum absolute atomic E-state index is 0.114. The van der Waals surface area contributed by atoms with Gasteiger partial charge in [-0.15, -0.1) is 0 Å². The molecule has 0 atom stereocenters. The van der Waals surface area contributed by atoms with E-state index in [0.29, 0.717) is 0 Å². The molecule has 0 fully saturated rings. The van der Waals surface area contributed by atoms with Crippen molar-refractivity contribution in [3.8, 4) is 0 Å². The predicted octanol–water partition coefficient (Wildman–Crippen LogP) is -4.59. The molecule has 0 aliphatic heterocycles. The number of hydrogen-bond donors (Lipinski definition) is 6. The van der Waals surface area contributed by atoms with Gasteiger partial charge < -0.3 is 10.1 Å². The Hall–Kier alpha value is -1.72. The van der Waals surface area contributed by atoms with Crippen LogP contribution in [0.4, 0.5) is 5.95 Å². The molecular formula is C13H30N9O14PS4. The summed E-state index contributed by atoms with van der Waals surface area (Å²) < 4.78 is 123. The van der Waals surface area contributed by atoms with Crippen molar-refractivity contribution in [3.63, 3.8) is 0 Å². The Morgan fingerprint density at radius 3 is 1.71 bits per heavy atom. The number of hydrogen-bond acceptors (Lipinski definition) is 15. The maximum Gasteiger partial charge on any atom is 0.434 e. The molecule has 0 unspecified atom stereocenters. The molecule has 0 saturated heterocycles. The van der Waals surface area contributed by atoms with Crippen LogP contribution in [0, 0.1) is 10.1 Å². The molecule has 1 rings (SSSR count). The number of rotatable bonds is 22. The zero-order valence-electron chi connectivity index (χ0n) is 21.2. The van der Waals surface area contributed by atoms with E-state index in [1.807, 2.05) is 0 Å². The van der Waals surface area contributed by atoms with Crippen molar-refractivity contribution in [2.45, 2.75) is 6.61 Å². The van der Waals surface area contributed by atoms with Crippen LogP contribution in [0.1, 0.15) is 5.69 Å². The Labute approximate surface area is 236 Å². The lowest BCUT2D eigenvalue weighted by atomic mass is 10.5. The maximum absolute atomic E-state index is 13.3. The molecule has 41 heavy (non-hydrogen) atoms. The summed E-state index contributed by atoms with van der Waals surface area (Å²) in [7, 11) is -19.6. The first-order valence-electron chi connectivity index (χ1n) is 10.8. The van der Waals surface area contributed by atoms with Gasteiger partial charge in [0.05, 0.1) is 31.8 Å². The van der Waals surface area contributed by atoms with Gasteiger partial charge in [0.25, 0.3) is 40.7 Å². The summed E-state index contributed by atoms with van der Waals surface area (Å²) in [4.78, 5) is 13.8. The van der Waals surface area contributed by atoms with Crippen molar-refractivity contribution in [3.05, 3.63) is 22.0 Å². The van der Waals surface area contributed by atoms with Crippen LogP contribution in [-0.4, -0.2) is 99.0 Å². The van der Waals surface area contributed by atoms with E-state index in [9.17, 15) is 48.4 Å². The standard InChI is InChI=1S/C13H30N9O14PS4/c1-21-12(10-16-13(21)22(23)24)11-34-37(25,17-2-6-35-38(26,27)8-4-19-40(14,30)31)18-3-7-36-39(28,29)9-5-20-41(15,32)33/h10,19-20H,2-9,11H2,1H3,(H2,14,30,31)(H2,15,32,33)(H2,17,18,25). The highest BCUT2D eigenvalue weighted by molar-refractivity contribution is 7.88. The summed E-state index contributed by atoms with van der Waals surface area (Å²) in [6.07, 6.45) is 1.08. The molecule has 0 bridgehead atoms. The Bertz CT molecular complexity index is 1430. The maximum atomic E-state index is 13.3. The number of nitrogens with two attached hydrogens (primary N) is 2. The molecule has 23 nitrogen and oxygen atoms in total. The second-order valence-corrected chi connectivity index (χ2v) is 15.8. The van der Waals surface area contributed by atoms with E-state index in [2.05, 4.69) is 23.5 Å². The number of nitrogens with zero attached hydrogens (tertiary/aromatic N) is 3. The molecule has 1 heterocycles. The van der Waals surface area contributed by atoms with Crippen LogP contribution in [0.2, 0.25) is 0 Å². The van der Waals surface area contributed by atoms with E-state index >= 15 is 0 Å². The highest BCUT2D eigenvalue weighted by Crippen LogP contribution is 2.38. The smallest absolute Gasteiger partial charge is 0.390 e. The SMILES string of the molecule is Cn1c(COP(=O)(NCCOS(=O)(=O)CCNS(N)(=O)=O)NCCOS(=O)(=O)CCNS(N)(=O)=O)cnc1[N+](=O)[O-]. The lowest BCUT2D eigenvalue weighted by Gasteiger charge is -2.20. The molecule has 240 valence electrons. The molecule has 1 aromatic heterocycles. The van der Waals surface area contributed by atoms with Crippen molar-refractivity contribution in [2.24, 2.45) is 17.3 Å². The lowest BCUT2D eigenvalue weighted by molar-refractivity contribution is -0.396. The highest BCUT2D eigenvalue weighted by Gasteiger charge is 2.26. The largest absolute Gasteiger partial charge is 0.434 e. The normalized spacial score (nSPS) is 13.4. The Kier molecular flexibility index (Phi) is 14.3. The Morgan fingerprint density at radius 1 is 0.902 bits per heavy atom. The fourth-order valence-electron chi connectivity index (χ4n) is 2.50. The van der Waals surface area contributed by atoms with E-state index in [4.69, 9.17) is 14.8 Å². The van der Waals surface area contributed by atoms with Gasteiger partial charge in [0, 0.05) is 26.2 Å². The van der Waals surface area contributed by atoms with Gasteiger partial charge in [0.15, 0.2) is 0 Å². The third kappa shape index (κ3) is 16.5. The first-order chi connectivity index (χ1) is 18.6. The monoisotopic (exact) mass is 695 g/mol. The number of nitro groups is 1. The van der Waals surface area contributed by atoms with Gasteiger partial charge in [-0.05, 0) is 4.92 Å². The van der Waals surface area contributed by atoms with Crippen LogP contribution in [-0.2, 0) is 71.8 Å². The van der Waals surface area contributed by atoms with E-state index in [1.165, 1.54) is 7.05 Å². The van der Waals surface area contributed by atoms with Crippen molar-refractivity contribution in [1.82, 2.24) is 29.2 Å². The summed E-state index contributed by atoms with van der Waals surface area (Å²) in [5.41, 5.74) is 0.114. The summed E-state index contributed by atoms with van der Waals surface area (Å²) in [5.74, 6) is -2.08. The highest BCUT2D eigenvalue weighted by atomic mass is 32.2. The third-order valence-electron chi connectivity index (χ3n) is 4.30. The summed E-state index contributed by atoms with van der Waals surface area (Å²) in [6, 6.07) is 0. The molecule has 1 aromatic rings. The lowest BCUT2D eigenvalue weighted by Crippen LogP contribution is -2.35. The molecule has 8 N–H and O–H groups in total. The number of nitrogens with one attached hydrogen (secondary N) is 4. The zero-order valence-corrected chi connectivity index (χ0v) is 25.4. The second kappa shape index (κ2) is 15.7. The molecule has 0 aromatic carbocycles. The molecule has 0 aliphatic rings. The first kappa shape index (κ1) is 37.3. The van der Waals surface area contributed by atoms with E-state index in [0.717, 1.165) is 10.8 Å². The zero-order chi connectivity index (χ0) is 31.5. The van der Waals surface area contributed by atoms with Crippen LogP contribution < -0.4 is 29.9 Å². The molecule has 0 saturated carbocycles. The van der Waals surface area contributed by atoms with Crippen LogP contribution in [0.15, 0.2) is 6.20 Å². The van der Waals surface area contributed by atoms with Crippen LogP contribution in [0.5, 0.6) is 0 Å². The average molecular weight is 696 g/mol.